The number of benzene rings is 1. The molecule has 0 aromatic heterocycles. The molecule has 1 aromatic rings. The van der Waals surface area contributed by atoms with Gasteiger partial charge in [0.1, 0.15) is 18.1 Å². The fourth-order valence-corrected chi connectivity index (χ4v) is 2.59. The molecule has 0 heterocycles. The summed E-state index contributed by atoms with van der Waals surface area (Å²) in [5.41, 5.74) is 0. The van der Waals surface area contributed by atoms with Crippen LogP contribution in [0.5, 0.6) is 11.5 Å². The highest BCUT2D eigenvalue weighted by Crippen LogP contribution is 2.18. The van der Waals surface area contributed by atoms with Crippen molar-refractivity contribution >= 4 is 0 Å². The van der Waals surface area contributed by atoms with E-state index >= 15 is 0 Å². The Balaban J connectivity index is 1.61. The Hall–Kier alpha value is -1.22. The van der Waals surface area contributed by atoms with Gasteiger partial charge in [-0.05, 0) is 43.5 Å². The molecule has 3 heteroatoms. The molecule has 0 unspecified atom stereocenters. The van der Waals surface area contributed by atoms with Crippen LogP contribution in [0.1, 0.15) is 45.4 Å². The Morgan fingerprint density at radius 2 is 1.55 bits per heavy atom. The van der Waals surface area contributed by atoms with E-state index in [-0.39, 0.29) is 0 Å². The van der Waals surface area contributed by atoms with E-state index in [0.717, 1.165) is 37.7 Å². The summed E-state index contributed by atoms with van der Waals surface area (Å²) in [6.07, 6.45) is 7.83. The second kappa shape index (κ2) is 8.85. The van der Waals surface area contributed by atoms with Gasteiger partial charge in [-0.2, -0.15) is 0 Å². The minimum atomic E-state index is 0.706. The Bertz CT molecular complexity index is 358. The smallest absolute Gasteiger partial charge is 0.119 e. The van der Waals surface area contributed by atoms with Crippen molar-refractivity contribution in [2.45, 2.75) is 51.5 Å². The average Bonchev–Trinajstić information content (AvgIpc) is 2.52. The predicted octanol–water partition coefficient (Wildman–Crippen LogP) is 3.78. The van der Waals surface area contributed by atoms with Crippen LogP contribution in [-0.4, -0.2) is 25.8 Å². The lowest BCUT2D eigenvalue weighted by Gasteiger charge is -2.22. The van der Waals surface area contributed by atoms with Crippen LogP contribution in [0.3, 0.4) is 0 Å². The molecule has 1 aliphatic carbocycles. The number of hydrogen-bond acceptors (Lipinski definition) is 3. The van der Waals surface area contributed by atoms with Crippen molar-refractivity contribution in [1.82, 2.24) is 5.32 Å². The van der Waals surface area contributed by atoms with Crippen LogP contribution in [0.2, 0.25) is 0 Å². The van der Waals surface area contributed by atoms with Gasteiger partial charge in [-0.15, -0.1) is 0 Å². The monoisotopic (exact) mass is 277 g/mol. The first-order valence-corrected chi connectivity index (χ1v) is 7.97. The minimum Gasteiger partial charge on any atom is -0.494 e. The van der Waals surface area contributed by atoms with Crippen molar-refractivity contribution in [3.63, 3.8) is 0 Å². The van der Waals surface area contributed by atoms with E-state index in [1.807, 2.05) is 24.3 Å². The van der Waals surface area contributed by atoms with Crippen molar-refractivity contribution in [3.8, 4) is 11.5 Å². The van der Waals surface area contributed by atoms with Gasteiger partial charge in [0.05, 0.1) is 6.61 Å². The molecule has 20 heavy (non-hydrogen) atoms. The highest BCUT2D eigenvalue weighted by Gasteiger charge is 2.11. The van der Waals surface area contributed by atoms with Crippen molar-refractivity contribution in [3.05, 3.63) is 24.3 Å². The molecule has 3 nitrogen and oxygen atoms in total. The first-order valence-electron chi connectivity index (χ1n) is 7.97. The molecule has 0 spiro atoms. The first kappa shape index (κ1) is 15.2. The third-order valence-electron chi connectivity index (χ3n) is 3.71. The molecular formula is C17H27NO2. The fourth-order valence-electron chi connectivity index (χ4n) is 2.59. The maximum Gasteiger partial charge on any atom is 0.119 e. The molecule has 2 rings (SSSR count). The molecule has 1 saturated carbocycles. The SMILES string of the molecule is CCCOc1ccc(OCCNC2CCCCC2)cc1. The normalized spacial score (nSPS) is 16.1. The molecular weight excluding hydrogens is 250 g/mol. The van der Waals surface area contributed by atoms with Gasteiger partial charge in [0.2, 0.25) is 0 Å². The molecule has 0 aliphatic heterocycles. The molecule has 112 valence electrons. The summed E-state index contributed by atoms with van der Waals surface area (Å²) in [4.78, 5) is 0. The van der Waals surface area contributed by atoms with E-state index < -0.39 is 0 Å². The summed E-state index contributed by atoms with van der Waals surface area (Å²) in [5.74, 6) is 1.83. The van der Waals surface area contributed by atoms with E-state index in [0.29, 0.717) is 6.04 Å². The van der Waals surface area contributed by atoms with E-state index in [1.165, 1.54) is 32.1 Å². The maximum atomic E-state index is 5.74. The fraction of sp³-hybridized carbons (Fsp3) is 0.647. The lowest BCUT2D eigenvalue weighted by atomic mass is 9.96. The molecule has 1 fully saturated rings. The van der Waals surface area contributed by atoms with E-state index in [1.54, 1.807) is 0 Å². The number of hydrogen-bond donors (Lipinski definition) is 1. The van der Waals surface area contributed by atoms with Crippen molar-refractivity contribution < 1.29 is 9.47 Å². The van der Waals surface area contributed by atoms with E-state index in [2.05, 4.69) is 12.2 Å². The number of nitrogens with one attached hydrogen (secondary N) is 1. The zero-order chi connectivity index (χ0) is 14.0. The lowest BCUT2D eigenvalue weighted by molar-refractivity contribution is 0.287. The molecule has 1 aromatic carbocycles. The van der Waals surface area contributed by atoms with Gasteiger partial charge < -0.3 is 14.8 Å². The van der Waals surface area contributed by atoms with Gasteiger partial charge in [0.25, 0.3) is 0 Å². The molecule has 0 bridgehead atoms. The van der Waals surface area contributed by atoms with Gasteiger partial charge in [0.15, 0.2) is 0 Å². The summed E-state index contributed by atoms with van der Waals surface area (Å²) in [7, 11) is 0. The second-order valence-corrected chi connectivity index (χ2v) is 5.46. The number of ether oxygens (including phenoxy) is 2. The minimum absolute atomic E-state index is 0.706. The lowest BCUT2D eigenvalue weighted by Crippen LogP contribution is -2.34. The van der Waals surface area contributed by atoms with Gasteiger partial charge in [-0.3, -0.25) is 0 Å². The highest BCUT2D eigenvalue weighted by atomic mass is 16.5. The summed E-state index contributed by atoms with van der Waals surface area (Å²) in [6.45, 7) is 4.53. The van der Waals surface area contributed by atoms with Crippen LogP contribution in [0.15, 0.2) is 24.3 Å². The van der Waals surface area contributed by atoms with Gasteiger partial charge in [-0.1, -0.05) is 26.2 Å². The van der Waals surface area contributed by atoms with Crippen LogP contribution in [-0.2, 0) is 0 Å². The summed E-state index contributed by atoms with van der Waals surface area (Å²) >= 11 is 0. The Labute approximate surface area is 122 Å². The molecule has 0 saturated heterocycles. The predicted molar refractivity (Wildman–Crippen MR) is 82.6 cm³/mol. The quantitative estimate of drug-likeness (QED) is 0.734. The molecule has 0 radical (unpaired) electrons. The zero-order valence-corrected chi connectivity index (χ0v) is 12.6. The zero-order valence-electron chi connectivity index (χ0n) is 12.6. The third-order valence-corrected chi connectivity index (χ3v) is 3.71. The number of rotatable bonds is 8. The van der Waals surface area contributed by atoms with E-state index in [9.17, 15) is 0 Å². The average molecular weight is 277 g/mol. The molecule has 0 amide bonds. The van der Waals surface area contributed by atoms with Crippen LogP contribution in [0.4, 0.5) is 0 Å². The van der Waals surface area contributed by atoms with Gasteiger partial charge in [0, 0.05) is 12.6 Å². The summed E-state index contributed by atoms with van der Waals surface area (Å²) in [5, 5.41) is 3.58. The first-order chi connectivity index (χ1) is 9.88. The molecule has 1 N–H and O–H groups in total. The van der Waals surface area contributed by atoms with Crippen molar-refractivity contribution in [1.29, 1.82) is 0 Å². The van der Waals surface area contributed by atoms with Crippen LogP contribution in [0, 0.1) is 0 Å². The van der Waals surface area contributed by atoms with E-state index in [4.69, 9.17) is 9.47 Å². The van der Waals surface area contributed by atoms with Crippen molar-refractivity contribution in [2.75, 3.05) is 19.8 Å². The van der Waals surface area contributed by atoms with Crippen LogP contribution >= 0.6 is 0 Å². The summed E-state index contributed by atoms with van der Waals surface area (Å²) < 4.78 is 11.3. The van der Waals surface area contributed by atoms with Crippen molar-refractivity contribution in [2.24, 2.45) is 0 Å². The largest absolute Gasteiger partial charge is 0.494 e. The van der Waals surface area contributed by atoms with Crippen LogP contribution in [0.25, 0.3) is 0 Å². The highest BCUT2D eigenvalue weighted by molar-refractivity contribution is 5.31. The maximum absolute atomic E-state index is 5.74. The van der Waals surface area contributed by atoms with Gasteiger partial charge in [-0.25, -0.2) is 0 Å². The molecule has 1 aliphatic rings. The Kier molecular flexibility index (Phi) is 6.72. The van der Waals surface area contributed by atoms with Gasteiger partial charge >= 0.3 is 0 Å². The third kappa shape index (κ3) is 5.41. The standard InChI is InChI=1S/C17H27NO2/c1-2-13-19-16-8-10-17(11-9-16)20-14-12-18-15-6-4-3-5-7-15/h8-11,15,18H,2-7,12-14H2,1H3. The Morgan fingerprint density at radius 3 is 2.15 bits per heavy atom. The topological polar surface area (TPSA) is 30.5 Å². The Morgan fingerprint density at radius 1 is 0.950 bits per heavy atom. The van der Waals surface area contributed by atoms with Crippen LogP contribution < -0.4 is 14.8 Å². The molecule has 0 atom stereocenters. The second-order valence-electron chi connectivity index (χ2n) is 5.46. The summed E-state index contributed by atoms with van der Waals surface area (Å²) in [6, 6.07) is 8.60.